The summed E-state index contributed by atoms with van der Waals surface area (Å²) in [6, 6.07) is 8.15. The zero-order chi connectivity index (χ0) is 15.4. The standard InChI is InChI=1S/C17H21BrN2O/c1-4-16(5-2)20-7-6-15(19-20)11-17(21)13-8-12(3)9-14(18)10-13/h6-10,16H,4-5,11H2,1-3H3. The van der Waals surface area contributed by atoms with E-state index in [1.54, 1.807) is 0 Å². The molecule has 4 heteroatoms. The molecule has 112 valence electrons. The highest BCUT2D eigenvalue weighted by molar-refractivity contribution is 9.10. The summed E-state index contributed by atoms with van der Waals surface area (Å²) in [5, 5.41) is 4.55. The second-order valence-corrected chi connectivity index (χ2v) is 6.29. The normalized spacial score (nSPS) is 11.1. The molecule has 0 saturated carbocycles. The number of halogens is 1. The SMILES string of the molecule is CCC(CC)n1ccc(CC(=O)c2cc(C)cc(Br)c2)n1. The fourth-order valence-electron chi connectivity index (χ4n) is 2.50. The van der Waals surface area contributed by atoms with E-state index in [-0.39, 0.29) is 5.78 Å². The van der Waals surface area contributed by atoms with Gasteiger partial charge in [-0.15, -0.1) is 0 Å². The van der Waals surface area contributed by atoms with Gasteiger partial charge in [0.2, 0.25) is 0 Å². The molecule has 2 rings (SSSR count). The first-order valence-electron chi connectivity index (χ1n) is 7.37. The molecule has 1 aromatic heterocycles. The first-order valence-corrected chi connectivity index (χ1v) is 8.17. The van der Waals surface area contributed by atoms with Crippen molar-refractivity contribution in [1.29, 1.82) is 0 Å². The molecule has 0 bridgehead atoms. The van der Waals surface area contributed by atoms with Crippen LogP contribution in [-0.4, -0.2) is 15.6 Å². The van der Waals surface area contributed by atoms with Crippen molar-refractivity contribution in [3.63, 3.8) is 0 Å². The van der Waals surface area contributed by atoms with Crippen LogP contribution in [0.25, 0.3) is 0 Å². The van der Waals surface area contributed by atoms with Gasteiger partial charge in [0.25, 0.3) is 0 Å². The molecule has 0 atom stereocenters. The lowest BCUT2D eigenvalue weighted by atomic mass is 10.0. The molecule has 0 aliphatic carbocycles. The Bertz CT molecular complexity index is 609. The Morgan fingerprint density at radius 3 is 2.62 bits per heavy atom. The Morgan fingerprint density at radius 1 is 1.29 bits per heavy atom. The Balaban J connectivity index is 2.12. The van der Waals surface area contributed by atoms with Crippen LogP contribution in [0.4, 0.5) is 0 Å². The van der Waals surface area contributed by atoms with E-state index in [0.29, 0.717) is 12.5 Å². The van der Waals surface area contributed by atoms with E-state index in [4.69, 9.17) is 0 Å². The lowest BCUT2D eigenvalue weighted by Gasteiger charge is -2.12. The maximum atomic E-state index is 12.4. The molecule has 0 spiro atoms. The molecule has 0 aliphatic heterocycles. The van der Waals surface area contributed by atoms with Crippen LogP contribution in [0, 0.1) is 6.92 Å². The largest absolute Gasteiger partial charge is 0.294 e. The monoisotopic (exact) mass is 348 g/mol. The maximum Gasteiger partial charge on any atom is 0.168 e. The van der Waals surface area contributed by atoms with Crippen molar-refractivity contribution in [2.45, 2.75) is 46.1 Å². The Morgan fingerprint density at radius 2 is 2.00 bits per heavy atom. The molecule has 3 nitrogen and oxygen atoms in total. The Hall–Kier alpha value is -1.42. The molecule has 0 saturated heterocycles. The predicted molar refractivity (Wildman–Crippen MR) is 88.8 cm³/mol. The zero-order valence-corrected chi connectivity index (χ0v) is 14.4. The van der Waals surface area contributed by atoms with Crippen LogP contribution in [0.3, 0.4) is 0 Å². The van der Waals surface area contributed by atoms with Crippen molar-refractivity contribution >= 4 is 21.7 Å². The van der Waals surface area contributed by atoms with E-state index in [9.17, 15) is 4.79 Å². The van der Waals surface area contributed by atoms with Gasteiger partial charge < -0.3 is 0 Å². The minimum absolute atomic E-state index is 0.106. The summed E-state index contributed by atoms with van der Waals surface area (Å²) in [5.74, 6) is 0.106. The molecule has 0 amide bonds. The van der Waals surface area contributed by atoms with Crippen molar-refractivity contribution in [3.05, 3.63) is 51.8 Å². The number of aryl methyl sites for hydroxylation is 1. The van der Waals surface area contributed by atoms with Crippen LogP contribution in [0.15, 0.2) is 34.9 Å². The van der Waals surface area contributed by atoms with Crippen molar-refractivity contribution in [2.24, 2.45) is 0 Å². The molecule has 0 unspecified atom stereocenters. The Kier molecular flexibility index (Phi) is 5.34. The van der Waals surface area contributed by atoms with Crippen LogP contribution in [-0.2, 0) is 6.42 Å². The van der Waals surface area contributed by atoms with Gasteiger partial charge in [-0.2, -0.15) is 5.10 Å². The van der Waals surface area contributed by atoms with Crippen LogP contribution in [0.1, 0.15) is 54.3 Å². The number of carbonyl (C=O) groups is 1. The molecule has 2 aromatic rings. The molecular formula is C17H21BrN2O. The number of ketones is 1. The van der Waals surface area contributed by atoms with E-state index in [0.717, 1.165) is 34.1 Å². The van der Waals surface area contributed by atoms with Crippen LogP contribution < -0.4 is 0 Å². The van der Waals surface area contributed by atoms with Crippen LogP contribution in [0.2, 0.25) is 0 Å². The first-order chi connectivity index (χ1) is 10.0. The fraction of sp³-hybridized carbons (Fsp3) is 0.412. The number of carbonyl (C=O) groups excluding carboxylic acids is 1. The third-order valence-corrected chi connectivity index (χ3v) is 4.14. The average Bonchev–Trinajstić information content (AvgIpc) is 2.87. The first kappa shape index (κ1) is 16.0. The molecule has 0 aliphatic rings. The minimum Gasteiger partial charge on any atom is -0.294 e. The van der Waals surface area contributed by atoms with Gasteiger partial charge in [0.15, 0.2) is 5.78 Å². The van der Waals surface area contributed by atoms with Crippen molar-refractivity contribution in [3.8, 4) is 0 Å². The number of hydrogen-bond donors (Lipinski definition) is 0. The minimum atomic E-state index is 0.106. The lowest BCUT2D eigenvalue weighted by Crippen LogP contribution is -2.09. The summed E-state index contributed by atoms with van der Waals surface area (Å²) in [4.78, 5) is 12.4. The number of Topliss-reactive ketones (excluding diaryl/α,β-unsaturated/α-hetero) is 1. The van der Waals surface area contributed by atoms with Gasteiger partial charge in [-0.05, 0) is 49.6 Å². The third-order valence-electron chi connectivity index (χ3n) is 3.69. The number of aromatic nitrogens is 2. The van der Waals surface area contributed by atoms with E-state index in [2.05, 4.69) is 34.9 Å². The number of benzene rings is 1. The van der Waals surface area contributed by atoms with Gasteiger partial charge in [0, 0.05) is 16.2 Å². The van der Waals surface area contributed by atoms with Gasteiger partial charge in [0.05, 0.1) is 18.2 Å². The summed E-state index contributed by atoms with van der Waals surface area (Å²) in [6.07, 6.45) is 4.43. The van der Waals surface area contributed by atoms with Gasteiger partial charge >= 0.3 is 0 Å². The van der Waals surface area contributed by atoms with E-state index < -0.39 is 0 Å². The molecular weight excluding hydrogens is 328 g/mol. The molecule has 0 N–H and O–H groups in total. The number of hydrogen-bond acceptors (Lipinski definition) is 2. The second-order valence-electron chi connectivity index (χ2n) is 5.37. The summed E-state index contributed by atoms with van der Waals surface area (Å²) >= 11 is 3.44. The number of nitrogens with zero attached hydrogens (tertiary/aromatic N) is 2. The highest BCUT2D eigenvalue weighted by Gasteiger charge is 2.12. The van der Waals surface area contributed by atoms with Gasteiger partial charge in [0.1, 0.15) is 0 Å². The topological polar surface area (TPSA) is 34.9 Å². The van der Waals surface area contributed by atoms with Gasteiger partial charge in [-0.1, -0.05) is 29.8 Å². The zero-order valence-electron chi connectivity index (χ0n) is 12.8. The third kappa shape index (κ3) is 4.03. The van der Waals surface area contributed by atoms with Crippen molar-refractivity contribution in [2.75, 3.05) is 0 Å². The fourth-order valence-corrected chi connectivity index (χ4v) is 3.11. The summed E-state index contributed by atoms with van der Waals surface area (Å²) in [7, 11) is 0. The summed E-state index contributed by atoms with van der Waals surface area (Å²) < 4.78 is 2.92. The quantitative estimate of drug-likeness (QED) is 0.706. The van der Waals surface area contributed by atoms with Crippen molar-refractivity contribution in [1.82, 2.24) is 9.78 Å². The Labute approximate surface area is 134 Å². The van der Waals surface area contributed by atoms with E-state index in [1.807, 2.05) is 42.1 Å². The molecule has 21 heavy (non-hydrogen) atoms. The van der Waals surface area contributed by atoms with E-state index in [1.165, 1.54) is 0 Å². The van der Waals surface area contributed by atoms with Crippen molar-refractivity contribution < 1.29 is 4.79 Å². The summed E-state index contributed by atoms with van der Waals surface area (Å²) in [6.45, 7) is 6.30. The van der Waals surface area contributed by atoms with Gasteiger partial charge in [-0.3, -0.25) is 9.48 Å². The molecule has 1 aromatic carbocycles. The second kappa shape index (κ2) is 7.03. The summed E-state index contributed by atoms with van der Waals surface area (Å²) in [5.41, 5.74) is 2.65. The molecule has 0 fully saturated rings. The smallest absolute Gasteiger partial charge is 0.168 e. The average molecular weight is 349 g/mol. The van der Waals surface area contributed by atoms with Crippen LogP contribution in [0.5, 0.6) is 0 Å². The molecule has 1 heterocycles. The molecule has 0 radical (unpaired) electrons. The predicted octanol–water partition coefficient (Wildman–Crippen LogP) is 4.74. The van der Waals surface area contributed by atoms with E-state index >= 15 is 0 Å². The maximum absolute atomic E-state index is 12.4. The lowest BCUT2D eigenvalue weighted by molar-refractivity contribution is 0.0991. The van der Waals surface area contributed by atoms with Crippen LogP contribution >= 0.6 is 15.9 Å². The highest BCUT2D eigenvalue weighted by Crippen LogP contribution is 2.18. The van der Waals surface area contributed by atoms with Gasteiger partial charge in [-0.25, -0.2) is 0 Å². The highest BCUT2D eigenvalue weighted by atomic mass is 79.9. The number of rotatable bonds is 6.